The van der Waals surface area contributed by atoms with Crippen molar-refractivity contribution in [3.8, 4) is 0 Å². The summed E-state index contributed by atoms with van der Waals surface area (Å²) >= 11 is 0. The molecule has 0 aromatic rings. The highest BCUT2D eigenvalue weighted by Crippen LogP contribution is 2.32. The van der Waals surface area contributed by atoms with E-state index < -0.39 is 112 Å². The molecule has 0 aromatic carbocycles. The molecule has 3 rings (SSSR count). The number of nitrogens with two attached hydrogens (primary N) is 1. The second-order valence-corrected chi connectivity index (χ2v) is 8.97. The minimum Gasteiger partial charge on any atom is -0.394 e. The topological polar surface area (TPSA) is 284 Å². The van der Waals surface area contributed by atoms with Gasteiger partial charge in [0, 0.05) is 6.54 Å². The summed E-state index contributed by atoms with van der Waals surface area (Å²) in [5.74, 6) is 0. The molecule has 3 saturated heterocycles. The van der Waals surface area contributed by atoms with Gasteiger partial charge in [-0.05, 0) is 0 Å². The maximum absolute atomic E-state index is 10.9. The van der Waals surface area contributed by atoms with Crippen molar-refractivity contribution in [1.82, 2.24) is 0 Å². The van der Waals surface area contributed by atoms with Gasteiger partial charge in [-0.2, -0.15) is 0 Å². The molecule has 0 saturated carbocycles. The molecule has 3 heterocycles. The number of ether oxygens (including phenoxy) is 6. The predicted molar refractivity (Wildman–Crippen MR) is 114 cm³/mol. The summed E-state index contributed by atoms with van der Waals surface area (Å²) < 4.78 is 32.3. The number of rotatable bonds is 10. The third-order valence-corrected chi connectivity index (χ3v) is 6.47. The Kier molecular flexibility index (Phi) is 11.3. The molecule has 9 unspecified atom stereocenters. The van der Waals surface area contributed by atoms with Crippen molar-refractivity contribution in [3.63, 3.8) is 0 Å². The van der Waals surface area contributed by atoms with Crippen LogP contribution in [-0.2, 0) is 28.4 Å². The van der Waals surface area contributed by atoms with Crippen LogP contribution in [0.25, 0.3) is 0 Å². The molecule has 37 heavy (non-hydrogen) atoms. The molecule has 0 amide bonds. The van der Waals surface area contributed by atoms with Gasteiger partial charge in [0.1, 0.15) is 73.2 Å². The van der Waals surface area contributed by atoms with E-state index in [-0.39, 0.29) is 13.2 Å². The van der Waals surface area contributed by atoms with Crippen molar-refractivity contribution in [3.05, 3.63) is 0 Å². The molecule has 0 spiro atoms. The van der Waals surface area contributed by atoms with Gasteiger partial charge in [-0.1, -0.05) is 0 Å². The van der Waals surface area contributed by atoms with E-state index in [0.29, 0.717) is 0 Å². The van der Waals surface area contributed by atoms with Gasteiger partial charge in [0.25, 0.3) is 0 Å². The fourth-order valence-corrected chi connectivity index (χ4v) is 4.35. The summed E-state index contributed by atoms with van der Waals surface area (Å²) in [6.45, 7) is -2.22. The highest BCUT2D eigenvalue weighted by molar-refractivity contribution is 4.96. The van der Waals surface area contributed by atoms with Gasteiger partial charge in [-0.25, -0.2) is 0 Å². The quantitative estimate of drug-likeness (QED) is 0.121. The lowest BCUT2D eigenvalue weighted by Crippen LogP contribution is -2.67. The van der Waals surface area contributed by atoms with Crippen molar-refractivity contribution in [2.24, 2.45) is 5.73 Å². The Morgan fingerprint density at radius 2 is 0.919 bits per heavy atom. The summed E-state index contributed by atoms with van der Waals surface area (Å²) in [5, 5.41) is 101. The molecule has 0 aromatic heterocycles. The first-order chi connectivity index (χ1) is 17.6. The van der Waals surface area contributed by atoms with Crippen LogP contribution >= 0.6 is 0 Å². The zero-order valence-electron chi connectivity index (χ0n) is 19.7. The van der Waals surface area contributed by atoms with Crippen LogP contribution in [0.3, 0.4) is 0 Å². The van der Waals surface area contributed by atoms with E-state index in [1.807, 2.05) is 0 Å². The minimum atomic E-state index is -1.90. The van der Waals surface area contributed by atoms with E-state index >= 15 is 0 Å². The standard InChI is InChI=1S/C20H37NO16/c21-1-2-32-18-14(30)16(10(26)7(4-23)33-18)37-20-15(31)17(11(27)8(5-24)35-20)36-19-13(29)12(28)9(25)6(3-22)34-19/h6-20,22-31H,1-5,21H2/t6?,7?,8?,9-,10-,11-,12?,13?,14?,15?,16?,17?,18+,19-,20-/m1/s1. The molecule has 17 heteroatoms. The highest BCUT2D eigenvalue weighted by atomic mass is 16.8. The maximum atomic E-state index is 10.9. The third-order valence-electron chi connectivity index (χ3n) is 6.47. The van der Waals surface area contributed by atoms with Crippen molar-refractivity contribution in [2.75, 3.05) is 33.0 Å². The molecule has 3 fully saturated rings. The van der Waals surface area contributed by atoms with E-state index in [1.165, 1.54) is 0 Å². The Labute approximate surface area is 211 Å². The summed E-state index contributed by atoms with van der Waals surface area (Å²) in [6, 6.07) is 0. The van der Waals surface area contributed by atoms with E-state index in [2.05, 4.69) is 0 Å². The van der Waals surface area contributed by atoms with E-state index in [0.717, 1.165) is 0 Å². The van der Waals surface area contributed by atoms with Gasteiger partial charge in [-0.3, -0.25) is 0 Å². The van der Waals surface area contributed by atoms with Gasteiger partial charge in [0.2, 0.25) is 0 Å². The summed E-state index contributed by atoms with van der Waals surface area (Å²) in [5.41, 5.74) is 5.39. The van der Waals surface area contributed by atoms with Crippen LogP contribution in [0.15, 0.2) is 0 Å². The summed E-state index contributed by atoms with van der Waals surface area (Å²) in [4.78, 5) is 0. The average molecular weight is 548 g/mol. The highest BCUT2D eigenvalue weighted by Gasteiger charge is 2.53. The lowest BCUT2D eigenvalue weighted by atomic mass is 9.96. The summed E-state index contributed by atoms with van der Waals surface area (Å²) in [7, 11) is 0. The number of hydrogen-bond donors (Lipinski definition) is 11. The van der Waals surface area contributed by atoms with E-state index in [9.17, 15) is 51.1 Å². The molecule has 12 N–H and O–H groups in total. The smallest absolute Gasteiger partial charge is 0.187 e. The van der Waals surface area contributed by atoms with Crippen LogP contribution in [0.2, 0.25) is 0 Å². The number of aliphatic hydroxyl groups excluding tert-OH is 10. The van der Waals surface area contributed by atoms with Crippen LogP contribution in [0.1, 0.15) is 0 Å². The normalized spacial score (nSPS) is 49.2. The first kappa shape index (κ1) is 30.9. The predicted octanol–water partition coefficient (Wildman–Crippen LogP) is -7.59. The van der Waals surface area contributed by atoms with Gasteiger partial charge in [-0.15, -0.1) is 0 Å². The van der Waals surface area contributed by atoms with Crippen molar-refractivity contribution in [2.45, 2.75) is 92.1 Å². The molecule has 3 aliphatic rings. The van der Waals surface area contributed by atoms with E-state index in [1.54, 1.807) is 0 Å². The van der Waals surface area contributed by atoms with Gasteiger partial charge in [0.05, 0.1) is 26.4 Å². The van der Waals surface area contributed by atoms with Gasteiger partial charge >= 0.3 is 0 Å². The molecule has 15 atom stereocenters. The summed E-state index contributed by atoms with van der Waals surface area (Å²) in [6.07, 6.45) is -24.5. The fraction of sp³-hybridized carbons (Fsp3) is 1.00. The van der Waals surface area contributed by atoms with Crippen molar-refractivity contribution >= 4 is 0 Å². The molecular formula is C20H37NO16. The second-order valence-electron chi connectivity index (χ2n) is 8.97. The number of aliphatic hydroxyl groups is 10. The van der Waals surface area contributed by atoms with Crippen LogP contribution in [0.5, 0.6) is 0 Å². The Morgan fingerprint density at radius 1 is 0.514 bits per heavy atom. The zero-order chi connectivity index (χ0) is 27.4. The lowest BCUT2D eigenvalue weighted by molar-refractivity contribution is -0.380. The average Bonchev–Trinajstić information content (AvgIpc) is 2.89. The Balaban J connectivity index is 1.78. The fourth-order valence-electron chi connectivity index (χ4n) is 4.35. The SMILES string of the molecule is NCCO[C@H]1OC(CO)[C@@H](O)C(O[C@H]2OC(CO)[C@@H](O)C(O[C@H]3OC(CO)[C@@H](O)C(O)C3O)C2O)C1O. The molecule has 218 valence electrons. The second kappa shape index (κ2) is 13.6. The molecule has 0 bridgehead atoms. The van der Waals surface area contributed by atoms with E-state index in [4.69, 9.17) is 34.2 Å². The first-order valence-electron chi connectivity index (χ1n) is 11.8. The largest absolute Gasteiger partial charge is 0.394 e. The molecule has 0 aliphatic carbocycles. The monoisotopic (exact) mass is 547 g/mol. The van der Waals surface area contributed by atoms with Crippen molar-refractivity contribution in [1.29, 1.82) is 0 Å². The zero-order valence-corrected chi connectivity index (χ0v) is 19.7. The first-order valence-corrected chi connectivity index (χ1v) is 11.8. The molecule has 0 radical (unpaired) electrons. The Bertz CT molecular complexity index is 691. The van der Waals surface area contributed by atoms with Gasteiger partial charge in [0.15, 0.2) is 18.9 Å². The molecule has 17 nitrogen and oxygen atoms in total. The maximum Gasteiger partial charge on any atom is 0.187 e. The minimum absolute atomic E-state index is 0.0426. The molecular weight excluding hydrogens is 510 g/mol. The van der Waals surface area contributed by atoms with Gasteiger partial charge < -0.3 is 85.2 Å². The third kappa shape index (κ3) is 6.56. The Hall–Kier alpha value is -0.680. The van der Waals surface area contributed by atoms with Crippen LogP contribution in [0.4, 0.5) is 0 Å². The van der Waals surface area contributed by atoms with Crippen LogP contribution in [0, 0.1) is 0 Å². The van der Waals surface area contributed by atoms with Crippen molar-refractivity contribution < 1.29 is 79.5 Å². The Morgan fingerprint density at radius 3 is 1.38 bits per heavy atom. The van der Waals surface area contributed by atoms with Crippen LogP contribution < -0.4 is 5.73 Å². The number of hydrogen-bond acceptors (Lipinski definition) is 17. The molecule has 3 aliphatic heterocycles. The lowest BCUT2D eigenvalue weighted by Gasteiger charge is -2.48. The van der Waals surface area contributed by atoms with Crippen LogP contribution in [-0.4, -0.2) is 176 Å².